The smallest absolute Gasteiger partial charge is 0.307 e. The first kappa shape index (κ1) is 14.1. The van der Waals surface area contributed by atoms with Crippen molar-refractivity contribution < 1.29 is 9.09 Å². The van der Waals surface area contributed by atoms with Crippen LogP contribution in [0.1, 0.15) is 0 Å². The molecule has 86 valence electrons. The third-order valence-electron chi connectivity index (χ3n) is 1.81. The largest absolute Gasteiger partial charge is 0.345 e. The van der Waals surface area contributed by atoms with E-state index >= 15 is 0 Å². The highest BCUT2D eigenvalue weighted by atomic mass is 31.2. The minimum atomic E-state index is -2.78. The topological polar surface area (TPSA) is 36.0 Å². The molecule has 0 rings (SSSR count). The lowest BCUT2D eigenvalue weighted by atomic mass is 10.6. The van der Waals surface area contributed by atoms with E-state index in [1.54, 1.807) is 37.5 Å². The zero-order valence-electron chi connectivity index (χ0n) is 10.0. The molecule has 0 N–H and O–H groups in total. The third-order valence-corrected chi connectivity index (χ3v) is 4.35. The van der Waals surface area contributed by atoms with Gasteiger partial charge in [-0.25, -0.2) is 9.34 Å². The number of hydrogen-bond donors (Lipinski definition) is 0. The molecule has 6 heteroatoms. The van der Waals surface area contributed by atoms with Gasteiger partial charge in [-0.2, -0.15) is 0 Å². The summed E-state index contributed by atoms with van der Waals surface area (Å²) in [5.41, 5.74) is 0. The van der Waals surface area contributed by atoms with Crippen LogP contribution >= 0.6 is 7.67 Å². The van der Waals surface area contributed by atoms with Crippen molar-refractivity contribution in [2.24, 2.45) is 0 Å². The van der Waals surface area contributed by atoms with Crippen LogP contribution in [0, 0.1) is 0 Å². The normalized spacial score (nSPS) is 13.2. The molecule has 0 saturated heterocycles. The van der Waals surface area contributed by atoms with E-state index in [0.717, 1.165) is 6.54 Å². The van der Waals surface area contributed by atoms with Crippen molar-refractivity contribution >= 4 is 7.67 Å². The molecule has 0 amide bonds. The van der Waals surface area contributed by atoms with Gasteiger partial charge < -0.3 is 9.42 Å². The van der Waals surface area contributed by atoms with E-state index in [9.17, 15) is 4.57 Å². The molecule has 0 fully saturated rings. The van der Waals surface area contributed by atoms with Gasteiger partial charge in [-0.3, -0.25) is 4.57 Å². The van der Waals surface area contributed by atoms with Crippen LogP contribution in [0.25, 0.3) is 0 Å². The van der Waals surface area contributed by atoms with Gasteiger partial charge in [0.15, 0.2) is 0 Å². The molecule has 14 heavy (non-hydrogen) atoms. The van der Waals surface area contributed by atoms with Crippen LogP contribution in [0.15, 0.2) is 0 Å². The summed E-state index contributed by atoms with van der Waals surface area (Å²) in [7, 11) is 8.18. The summed E-state index contributed by atoms with van der Waals surface area (Å²) in [6.45, 7) is 1.24. The van der Waals surface area contributed by atoms with Crippen LogP contribution in [0.5, 0.6) is 0 Å². The Balaban J connectivity index is 4.19. The molecule has 0 aromatic rings. The van der Waals surface area contributed by atoms with Crippen molar-refractivity contribution in [1.29, 1.82) is 0 Å². The first-order chi connectivity index (χ1) is 6.30. The van der Waals surface area contributed by atoms with Gasteiger partial charge in [0.05, 0.1) is 6.61 Å². The van der Waals surface area contributed by atoms with Crippen LogP contribution in [-0.2, 0) is 9.09 Å². The Bertz CT molecular complexity index is 195. The molecule has 5 nitrogen and oxygen atoms in total. The van der Waals surface area contributed by atoms with Crippen LogP contribution < -0.4 is 0 Å². The van der Waals surface area contributed by atoms with E-state index in [2.05, 4.69) is 0 Å². The molecule has 0 aliphatic heterocycles. The van der Waals surface area contributed by atoms with E-state index in [4.69, 9.17) is 4.52 Å². The van der Waals surface area contributed by atoms with Gasteiger partial charge in [0.1, 0.15) is 0 Å². The molecular formula is C8H22N3O2P. The van der Waals surface area contributed by atoms with Crippen molar-refractivity contribution in [3.8, 4) is 0 Å². The summed E-state index contributed by atoms with van der Waals surface area (Å²) in [4.78, 5) is 2.00. The first-order valence-electron chi connectivity index (χ1n) is 4.55. The molecule has 0 aromatic heterocycles. The second kappa shape index (κ2) is 5.83. The molecule has 0 radical (unpaired) electrons. The minimum Gasteiger partial charge on any atom is -0.307 e. The molecule has 0 saturated carbocycles. The maximum Gasteiger partial charge on any atom is 0.345 e. The van der Waals surface area contributed by atoms with Crippen molar-refractivity contribution in [1.82, 2.24) is 14.2 Å². The predicted octanol–water partition coefficient (Wildman–Crippen LogP) is 0.796. The van der Waals surface area contributed by atoms with E-state index in [-0.39, 0.29) is 0 Å². The van der Waals surface area contributed by atoms with Gasteiger partial charge in [0.2, 0.25) is 0 Å². The van der Waals surface area contributed by atoms with E-state index in [0.29, 0.717) is 6.61 Å². The lowest BCUT2D eigenvalue weighted by Crippen LogP contribution is -2.25. The summed E-state index contributed by atoms with van der Waals surface area (Å²) in [6, 6.07) is 0. The van der Waals surface area contributed by atoms with Crippen molar-refractivity contribution in [3.63, 3.8) is 0 Å². The van der Waals surface area contributed by atoms with Crippen molar-refractivity contribution in [2.45, 2.75) is 0 Å². The average molecular weight is 223 g/mol. The Morgan fingerprint density at radius 2 is 1.43 bits per heavy atom. The molecule has 0 bridgehead atoms. The second-order valence-corrected chi connectivity index (χ2v) is 6.66. The van der Waals surface area contributed by atoms with Crippen LogP contribution in [0.3, 0.4) is 0 Å². The maximum atomic E-state index is 12.2. The fourth-order valence-electron chi connectivity index (χ4n) is 0.931. The van der Waals surface area contributed by atoms with Crippen molar-refractivity contribution in [3.05, 3.63) is 0 Å². The van der Waals surface area contributed by atoms with Crippen LogP contribution in [-0.4, -0.2) is 69.7 Å². The van der Waals surface area contributed by atoms with Gasteiger partial charge in [0.25, 0.3) is 0 Å². The standard InChI is InChI=1S/C8H22N3O2P/c1-9(2)7-8-13-14(12,10(3)4)11(5)6/h7-8H2,1-6H3. The Morgan fingerprint density at radius 3 is 1.71 bits per heavy atom. The maximum absolute atomic E-state index is 12.2. The number of likely N-dealkylation sites (N-methyl/N-ethyl adjacent to an activating group) is 1. The van der Waals surface area contributed by atoms with E-state index in [1.165, 1.54) is 0 Å². The molecule has 0 heterocycles. The Morgan fingerprint density at radius 1 is 1.00 bits per heavy atom. The van der Waals surface area contributed by atoms with Gasteiger partial charge in [-0.15, -0.1) is 0 Å². The molecule has 0 atom stereocenters. The van der Waals surface area contributed by atoms with Gasteiger partial charge in [-0.1, -0.05) is 0 Å². The second-order valence-electron chi connectivity index (χ2n) is 3.82. The molecule has 0 unspecified atom stereocenters. The quantitative estimate of drug-likeness (QED) is 0.622. The molecule has 0 spiro atoms. The van der Waals surface area contributed by atoms with Gasteiger partial charge in [0, 0.05) is 6.54 Å². The zero-order valence-corrected chi connectivity index (χ0v) is 10.9. The highest BCUT2D eigenvalue weighted by Gasteiger charge is 2.29. The summed E-state index contributed by atoms with van der Waals surface area (Å²) in [6.07, 6.45) is 0. The SMILES string of the molecule is CN(C)CCOP(=O)(N(C)C)N(C)C. The molecule has 0 aromatic carbocycles. The van der Waals surface area contributed by atoms with Gasteiger partial charge >= 0.3 is 7.67 Å². The molecule has 0 aliphatic carbocycles. The Hall–Kier alpha value is 0.0700. The van der Waals surface area contributed by atoms with Crippen LogP contribution in [0.4, 0.5) is 0 Å². The highest BCUT2D eigenvalue weighted by Crippen LogP contribution is 2.50. The fourth-order valence-corrected chi connectivity index (χ4v) is 2.43. The monoisotopic (exact) mass is 223 g/mol. The highest BCUT2D eigenvalue weighted by molar-refractivity contribution is 7.53. The summed E-state index contributed by atoms with van der Waals surface area (Å²) in [5, 5.41) is 0. The van der Waals surface area contributed by atoms with Crippen molar-refractivity contribution in [2.75, 3.05) is 55.4 Å². The Labute approximate surface area is 87.2 Å². The molecular weight excluding hydrogens is 201 g/mol. The predicted molar refractivity (Wildman–Crippen MR) is 59.5 cm³/mol. The number of hydrogen-bond acceptors (Lipinski definition) is 3. The van der Waals surface area contributed by atoms with E-state index < -0.39 is 7.67 Å². The zero-order chi connectivity index (χ0) is 11.4. The first-order valence-corrected chi connectivity index (χ1v) is 6.08. The number of rotatable bonds is 6. The number of nitrogens with zero attached hydrogens (tertiary/aromatic N) is 3. The average Bonchev–Trinajstić information content (AvgIpc) is 2.02. The summed E-state index contributed by atoms with van der Waals surface area (Å²) in [5.74, 6) is 0. The fraction of sp³-hybridized carbons (Fsp3) is 1.00. The third kappa shape index (κ3) is 4.07. The minimum absolute atomic E-state index is 0.473. The van der Waals surface area contributed by atoms with E-state index in [1.807, 2.05) is 19.0 Å². The summed E-state index contributed by atoms with van der Waals surface area (Å²) < 4.78 is 20.9. The lowest BCUT2D eigenvalue weighted by molar-refractivity contribution is 0.218. The Kier molecular flexibility index (Phi) is 5.86. The summed E-state index contributed by atoms with van der Waals surface area (Å²) >= 11 is 0. The van der Waals surface area contributed by atoms with Gasteiger partial charge in [-0.05, 0) is 42.3 Å². The lowest BCUT2D eigenvalue weighted by Gasteiger charge is -2.29. The van der Waals surface area contributed by atoms with Crippen LogP contribution in [0.2, 0.25) is 0 Å². The molecule has 0 aliphatic rings.